The van der Waals surface area contributed by atoms with Crippen molar-refractivity contribution in [2.75, 3.05) is 37.7 Å². The topological polar surface area (TPSA) is 76.6 Å². The van der Waals surface area contributed by atoms with Crippen molar-refractivity contribution in [2.24, 2.45) is 0 Å². The maximum Gasteiger partial charge on any atom is 0.254 e. The van der Waals surface area contributed by atoms with Gasteiger partial charge >= 0.3 is 0 Å². The molecule has 4 rings (SSSR count). The zero-order chi connectivity index (χ0) is 19.2. The molecule has 0 saturated carbocycles. The summed E-state index contributed by atoms with van der Waals surface area (Å²) in [6, 6.07) is 10.3. The van der Waals surface area contributed by atoms with E-state index in [0.29, 0.717) is 31.3 Å². The predicted molar refractivity (Wildman–Crippen MR) is 105 cm³/mol. The number of nitrogens with zero attached hydrogens (tertiary/aromatic N) is 3. The molecule has 0 bridgehead atoms. The standard InChI is InChI=1S/C21H26N4O3/c26-19(22-10-4-7-17-5-2-1-3-6-17)18-15-23-20(24-16-18)25-11-8-21(9-12-25)27-13-14-28-21/h1-3,5-6,15-16H,4,7-14H2,(H,22,26). The van der Waals surface area contributed by atoms with E-state index in [1.165, 1.54) is 5.56 Å². The number of piperidine rings is 1. The number of aryl methyl sites for hydroxylation is 1. The average Bonchev–Trinajstić information content (AvgIpc) is 3.20. The smallest absolute Gasteiger partial charge is 0.254 e. The zero-order valence-electron chi connectivity index (χ0n) is 16.0. The van der Waals surface area contributed by atoms with Gasteiger partial charge in [0.1, 0.15) is 0 Å². The van der Waals surface area contributed by atoms with E-state index >= 15 is 0 Å². The molecule has 1 spiro atoms. The molecule has 0 atom stereocenters. The minimum Gasteiger partial charge on any atom is -0.352 e. The number of ether oxygens (including phenoxy) is 2. The van der Waals surface area contributed by atoms with Crippen LogP contribution in [0.3, 0.4) is 0 Å². The summed E-state index contributed by atoms with van der Waals surface area (Å²) in [4.78, 5) is 23.2. The van der Waals surface area contributed by atoms with Crippen LogP contribution < -0.4 is 10.2 Å². The monoisotopic (exact) mass is 382 g/mol. The molecule has 1 amide bonds. The van der Waals surface area contributed by atoms with E-state index in [2.05, 4.69) is 32.3 Å². The number of nitrogens with one attached hydrogen (secondary N) is 1. The molecule has 0 radical (unpaired) electrons. The molecule has 0 aliphatic carbocycles. The summed E-state index contributed by atoms with van der Waals surface area (Å²) in [7, 11) is 0. The van der Waals surface area contributed by atoms with E-state index in [9.17, 15) is 4.79 Å². The third kappa shape index (κ3) is 4.48. The van der Waals surface area contributed by atoms with Crippen LogP contribution >= 0.6 is 0 Å². The minimum absolute atomic E-state index is 0.134. The molecule has 148 valence electrons. The molecule has 0 unspecified atom stereocenters. The fourth-order valence-electron chi connectivity index (χ4n) is 3.68. The van der Waals surface area contributed by atoms with Gasteiger partial charge in [-0.1, -0.05) is 30.3 Å². The first-order valence-electron chi connectivity index (χ1n) is 9.91. The number of benzene rings is 1. The van der Waals surface area contributed by atoms with Crippen molar-refractivity contribution < 1.29 is 14.3 Å². The van der Waals surface area contributed by atoms with Gasteiger partial charge in [-0.05, 0) is 18.4 Å². The van der Waals surface area contributed by atoms with Crippen LogP contribution in [0.15, 0.2) is 42.7 Å². The first kappa shape index (κ1) is 18.8. The maximum atomic E-state index is 12.3. The SMILES string of the molecule is O=C(NCCCc1ccccc1)c1cnc(N2CCC3(CC2)OCCO3)nc1. The molecule has 1 aromatic carbocycles. The second kappa shape index (κ2) is 8.67. The van der Waals surface area contributed by atoms with Crippen LogP contribution in [0.5, 0.6) is 0 Å². The molecule has 2 saturated heterocycles. The van der Waals surface area contributed by atoms with Crippen LogP contribution in [0.1, 0.15) is 35.2 Å². The van der Waals surface area contributed by atoms with E-state index in [4.69, 9.17) is 9.47 Å². The molecule has 1 aromatic heterocycles. The van der Waals surface area contributed by atoms with E-state index in [1.807, 2.05) is 18.2 Å². The first-order chi connectivity index (χ1) is 13.7. The summed E-state index contributed by atoms with van der Waals surface area (Å²) in [6.07, 6.45) is 6.65. The highest BCUT2D eigenvalue weighted by molar-refractivity contribution is 5.93. The predicted octanol–water partition coefficient (Wildman–Crippen LogP) is 2.18. The Balaban J connectivity index is 1.23. The molecule has 2 fully saturated rings. The molecule has 1 N–H and O–H groups in total. The lowest BCUT2D eigenvalue weighted by Gasteiger charge is -2.37. The van der Waals surface area contributed by atoms with Crippen LogP contribution in [-0.2, 0) is 15.9 Å². The molecular weight excluding hydrogens is 356 g/mol. The second-order valence-electron chi connectivity index (χ2n) is 7.21. The van der Waals surface area contributed by atoms with Crippen molar-refractivity contribution in [2.45, 2.75) is 31.5 Å². The highest BCUT2D eigenvalue weighted by atomic mass is 16.7. The zero-order valence-corrected chi connectivity index (χ0v) is 16.0. The maximum absolute atomic E-state index is 12.3. The van der Waals surface area contributed by atoms with Crippen molar-refractivity contribution >= 4 is 11.9 Å². The molecule has 2 aromatic rings. The number of carbonyl (C=O) groups excluding carboxylic acids is 1. The molecule has 7 nitrogen and oxygen atoms in total. The molecule has 2 aliphatic heterocycles. The van der Waals surface area contributed by atoms with Crippen molar-refractivity contribution in [3.8, 4) is 0 Å². The van der Waals surface area contributed by atoms with E-state index in [0.717, 1.165) is 38.8 Å². The lowest BCUT2D eigenvalue weighted by Crippen LogP contribution is -2.45. The van der Waals surface area contributed by atoms with Gasteiger partial charge in [0.05, 0.1) is 18.8 Å². The summed E-state index contributed by atoms with van der Waals surface area (Å²) >= 11 is 0. The molecular formula is C21H26N4O3. The number of amides is 1. The minimum atomic E-state index is -0.407. The molecule has 3 heterocycles. The van der Waals surface area contributed by atoms with Gasteiger partial charge in [-0.15, -0.1) is 0 Å². The fraction of sp³-hybridized carbons (Fsp3) is 0.476. The van der Waals surface area contributed by atoms with E-state index in [-0.39, 0.29) is 5.91 Å². The van der Waals surface area contributed by atoms with Crippen LogP contribution in [0.2, 0.25) is 0 Å². The van der Waals surface area contributed by atoms with Crippen LogP contribution in [0.25, 0.3) is 0 Å². The number of rotatable bonds is 6. The molecule has 2 aliphatic rings. The summed E-state index contributed by atoms with van der Waals surface area (Å²) in [6.45, 7) is 3.54. The van der Waals surface area contributed by atoms with Gasteiger partial charge in [0.25, 0.3) is 5.91 Å². The third-order valence-corrected chi connectivity index (χ3v) is 5.29. The Hall–Kier alpha value is -2.51. The average molecular weight is 382 g/mol. The summed E-state index contributed by atoms with van der Waals surface area (Å²) in [5.74, 6) is 0.106. The second-order valence-corrected chi connectivity index (χ2v) is 7.21. The quantitative estimate of drug-likeness (QED) is 0.772. The number of hydrogen-bond acceptors (Lipinski definition) is 6. The lowest BCUT2D eigenvalue weighted by molar-refractivity contribution is -0.169. The van der Waals surface area contributed by atoms with Crippen LogP contribution in [0.4, 0.5) is 5.95 Å². The third-order valence-electron chi connectivity index (χ3n) is 5.29. The van der Waals surface area contributed by atoms with Gasteiger partial charge < -0.3 is 19.7 Å². The Morgan fingerprint density at radius 2 is 1.75 bits per heavy atom. The Labute approximate surface area is 165 Å². The Kier molecular flexibility index (Phi) is 5.83. The largest absolute Gasteiger partial charge is 0.352 e. The van der Waals surface area contributed by atoms with Gasteiger partial charge in [-0.25, -0.2) is 9.97 Å². The number of anilines is 1. The molecule has 7 heteroatoms. The van der Waals surface area contributed by atoms with Crippen molar-refractivity contribution in [1.29, 1.82) is 0 Å². The van der Waals surface area contributed by atoms with Crippen molar-refractivity contribution in [1.82, 2.24) is 15.3 Å². The van der Waals surface area contributed by atoms with Crippen LogP contribution in [0, 0.1) is 0 Å². The highest BCUT2D eigenvalue weighted by Crippen LogP contribution is 2.32. The normalized spacial score (nSPS) is 18.4. The number of aromatic nitrogens is 2. The lowest BCUT2D eigenvalue weighted by atomic mass is 10.0. The fourth-order valence-corrected chi connectivity index (χ4v) is 3.68. The number of carbonyl (C=O) groups is 1. The van der Waals surface area contributed by atoms with Gasteiger partial charge in [-0.3, -0.25) is 4.79 Å². The Morgan fingerprint density at radius 3 is 2.43 bits per heavy atom. The first-order valence-corrected chi connectivity index (χ1v) is 9.91. The van der Waals surface area contributed by atoms with Gasteiger partial charge in [0, 0.05) is 44.9 Å². The summed E-state index contributed by atoms with van der Waals surface area (Å²) in [5, 5.41) is 2.94. The Bertz CT molecular complexity index is 766. The van der Waals surface area contributed by atoms with Crippen LogP contribution in [-0.4, -0.2) is 54.5 Å². The van der Waals surface area contributed by atoms with Gasteiger partial charge in [0.15, 0.2) is 5.79 Å². The van der Waals surface area contributed by atoms with E-state index < -0.39 is 5.79 Å². The molecule has 28 heavy (non-hydrogen) atoms. The van der Waals surface area contributed by atoms with Crippen molar-refractivity contribution in [3.63, 3.8) is 0 Å². The summed E-state index contributed by atoms with van der Waals surface area (Å²) < 4.78 is 11.5. The summed E-state index contributed by atoms with van der Waals surface area (Å²) in [5.41, 5.74) is 1.76. The number of hydrogen-bond donors (Lipinski definition) is 1. The highest BCUT2D eigenvalue weighted by Gasteiger charge is 2.40. The Morgan fingerprint density at radius 1 is 1.07 bits per heavy atom. The van der Waals surface area contributed by atoms with Gasteiger partial charge in [0.2, 0.25) is 5.95 Å². The van der Waals surface area contributed by atoms with Crippen molar-refractivity contribution in [3.05, 3.63) is 53.9 Å². The van der Waals surface area contributed by atoms with Gasteiger partial charge in [-0.2, -0.15) is 0 Å². The van der Waals surface area contributed by atoms with E-state index in [1.54, 1.807) is 12.4 Å².